The van der Waals surface area contributed by atoms with E-state index < -0.39 is 0 Å². The summed E-state index contributed by atoms with van der Waals surface area (Å²) in [6.45, 7) is 4.41. The van der Waals surface area contributed by atoms with Crippen LogP contribution in [0.3, 0.4) is 0 Å². The summed E-state index contributed by atoms with van der Waals surface area (Å²) >= 11 is 5.59. The lowest BCUT2D eigenvalue weighted by molar-refractivity contribution is 0.104. The first kappa shape index (κ1) is 16.2. The van der Waals surface area contributed by atoms with Crippen LogP contribution in [0.1, 0.15) is 32.1 Å². The molecular weight excluding hydrogens is 226 g/mol. The highest BCUT2D eigenvalue weighted by atomic mass is 35.5. The van der Waals surface area contributed by atoms with E-state index in [1.807, 2.05) is 0 Å². The molecule has 0 aliphatic carbocycles. The third kappa shape index (κ3) is 14.2. The summed E-state index contributed by atoms with van der Waals surface area (Å²) in [6.07, 6.45) is 5.88. The number of unbranched alkanes of at least 4 members (excludes halogenated alkanes) is 3. The molecule has 0 rings (SSSR count). The molecule has 0 aromatic rings. The molecule has 16 heavy (non-hydrogen) atoms. The summed E-state index contributed by atoms with van der Waals surface area (Å²) in [4.78, 5) is 0. The molecule has 0 aromatic heterocycles. The van der Waals surface area contributed by atoms with Crippen LogP contribution >= 0.6 is 11.6 Å². The van der Waals surface area contributed by atoms with Gasteiger partial charge in [-0.25, -0.2) is 0 Å². The second-order valence-electron chi connectivity index (χ2n) is 3.81. The van der Waals surface area contributed by atoms with Crippen molar-refractivity contribution in [3.8, 4) is 0 Å². The zero-order valence-electron chi connectivity index (χ0n) is 10.5. The van der Waals surface area contributed by atoms with Crippen LogP contribution in [0.2, 0.25) is 0 Å². The van der Waals surface area contributed by atoms with Crippen LogP contribution in [0.25, 0.3) is 0 Å². The molecule has 0 aliphatic rings. The highest BCUT2D eigenvalue weighted by Gasteiger charge is 1.91. The smallest absolute Gasteiger partial charge is 0.0590 e. The van der Waals surface area contributed by atoms with Gasteiger partial charge in [0.25, 0.3) is 0 Å². The van der Waals surface area contributed by atoms with Gasteiger partial charge in [-0.15, -0.1) is 11.6 Å². The van der Waals surface area contributed by atoms with Gasteiger partial charge >= 0.3 is 0 Å². The van der Waals surface area contributed by atoms with Gasteiger partial charge in [-0.05, 0) is 25.8 Å². The Bertz CT molecular complexity index is 112. The van der Waals surface area contributed by atoms with Crippen molar-refractivity contribution in [2.24, 2.45) is 0 Å². The molecule has 4 heteroatoms. The molecule has 0 heterocycles. The van der Waals surface area contributed by atoms with Crippen molar-refractivity contribution >= 4 is 11.6 Å². The summed E-state index contributed by atoms with van der Waals surface area (Å²) in [7, 11) is 1.71. The zero-order chi connectivity index (χ0) is 11.9. The Labute approximate surface area is 105 Å². The van der Waals surface area contributed by atoms with E-state index >= 15 is 0 Å². The van der Waals surface area contributed by atoms with Crippen molar-refractivity contribution in [2.75, 3.05) is 45.9 Å². The minimum Gasteiger partial charge on any atom is -0.385 e. The van der Waals surface area contributed by atoms with Crippen molar-refractivity contribution < 1.29 is 9.47 Å². The summed E-state index contributed by atoms with van der Waals surface area (Å²) in [6, 6.07) is 0. The predicted octanol–water partition coefficient (Wildman–Crippen LogP) is 2.43. The van der Waals surface area contributed by atoms with Crippen molar-refractivity contribution in [1.29, 1.82) is 0 Å². The van der Waals surface area contributed by atoms with Gasteiger partial charge in [0.05, 0.1) is 6.61 Å². The Balaban J connectivity index is 2.83. The van der Waals surface area contributed by atoms with Gasteiger partial charge in [-0.2, -0.15) is 0 Å². The highest BCUT2D eigenvalue weighted by Crippen LogP contribution is 1.99. The number of nitrogens with one attached hydrogen (secondary N) is 1. The van der Waals surface area contributed by atoms with Crippen LogP contribution < -0.4 is 5.32 Å². The predicted molar refractivity (Wildman–Crippen MR) is 69.4 cm³/mol. The van der Waals surface area contributed by atoms with E-state index in [1.165, 1.54) is 19.3 Å². The average Bonchev–Trinajstić information content (AvgIpc) is 2.31. The summed E-state index contributed by atoms with van der Waals surface area (Å²) in [5.74, 6) is 0.794. The van der Waals surface area contributed by atoms with E-state index in [1.54, 1.807) is 7.11 Å². The van der Waals surface area contributed by atoms with Gasteiger partial charge in [-0.3, -0.25) is 0 Å². The monoisotopic (exact) mass is 251 g/mol. The van der Waals surface area contributed by atoms with Crippen molar-refractivity contribution in [3.05, 3.63) is 0 Å². The lowest BCUT2D eigenvalue weighted by Gasteiger charge is -2.05. The minimum atomic E-state index is 0.786. The molecule has 0 unspecified atom stereocenters. The fourth-order valence-electron chi connectivity index (χ4n) is 1.37. The number of hydrogen-bond acceptors (Lipinski definition) is 3. The topological polar surface area (TPSA) is 30.5 Å². The molecule has 0 atom stereocenters. The van der Waals surface area contributed by atoms with Gasteiger partial charge in [0, 0.05) is 32.7 Å². The summed E-state index contributed by atoms with van der Waals surface area (Å²) in [5, 5.41) is 3.36. The largest absolute Gasteiger partial charge is 0.385 e. The van der Waals surface area contributed by atoms with Gasteiger partial charge in [0.15, 0.2) is 0 Å². The van der Waals surface area contributed by atoms with E-state index in [0.29, 0.717) is 0 Å². The molecule has 0 bridgehead atoms. The van der Waals surface area contributed by atoms with Crippen molar-refractivity contribution in [3.63, 3.8) is 0 Å². The van der Waals surface area contributed by atoms with E-state index in [-0.39, 0.29) is 0 Å². The van der Waals surface area contributed by atoms with Gasteiger partial charge in [-0.1, -0.05) is 12.8 Å². The molecule has 3 nitrogen and oxygen atoms in total. The number of methoxy groups -OCH3 is 1. The lowest BCUT2D eigenvalue weighted by atomic mass is 10.2. The molecule has 98 valence electrons. The third-order valence-corrected chi connectivity index (χ3v) is 2.56. The first-order chi connectivity index (χ1) is 7.91. The van der Waals surface area contributed by atoms with E-state index in [4.69, 9.17) is 21.1 Å². The van der Waals surface area contributed by atoms with Crippen molar-refractivity contribution in [2.45, 2.75) is 32.1 Å². The molecular formula is C12H26ClNO2. The highest BCUT2D eigenvalue weighted by molar-refractivity contribution is 6.17. The van der Waals surface area contributed by atoms with Gasteiger partial charge < -0.3 is 14.8 Å². The van der Waals surface area contributed by atoms with E-state index in [9.17, 15) is 0 Å². The maximum atomic E-state index is 5.59. The normalized spacial score (nSPS) is 10.9. The maximum Gasteiger partial charge on any atom is 0.0590 e. The lowest BCUT2D eigenvalue weighted by Crippen LogP contribution is -2.21. The summed E-state index contributed by atoms with van der Waals surface area (Å²) < 4.78 is 10.3. The minimum absolute atomic E-state index is 0.786. The Hall–Kier alpha value is 0.170. The fourth-order valence-corrected chi connectivity index (χ4v) is 1.56. The van der Waals surface area contributed by atoms with Crippen LogP contribution in [-0.2, 0) is 9.47 Å². The molecule has 0 saturated heterocycles. The van der Waals surface area contributed by atoms with Gasteiger partial charge in [0.1, 0.15) is 0 Å². The van der Waals surface area contributed by atoms with E-state index in [0.717, 1.165) is 51.6 Å². The second-order valence-corrected chi connectivity index (χ2v) is 4.19. The maximum absolute atomic E-state index is 5.59. The quantitative estimate of drug-likeness (QED) is 0.403. The summed E-state index contributed by atoms with van der Waals surface area (Å²) in [5.41, 5.74) is 0. The van der Waals surface area contributed by atoms with Crippen LogP contribution in [0.5, 0.6) is 0 Å². The second kappa shape index (κ2) is 15.2. The van der Waals surface area contributed by atoms with E-state index in [2.05, 4.69) is 5.32 Å². The Morgan fingerprint density at radius 2 is 1.69 bits per heavy atom. The number of ether oxygens (including phenoxy) is 2. The SMILES string of the molecule is COCCCOCCNCCCCCCCl. The van der Waals surface area contributed by atoms with Crippen LogP contribution in [0.4, 0.5) is 0 Å². The standard InChI is InChI=1S/C12H26ClNO2/c1-15-10-6-11-16-12-9-14-8-5-3-2-4-7-13/h14H,2-12H2,1H3. The zero-order valence-corrected chi connectivity index (χ0v) is 11.2. The average molecular weight is 252 g/mol. The Morgan fingerprint density at radius 3 is 2.44 bits per heavy atom. The molecule has 0 aromatic carbocycles. The number of alkyl halides is 1. The van der Waals surface area contributed by atoms with Gasteiger partial charge in [0.2, 0.25) is 0 Å². The molecule has 0 spiro atoms. The number of hydrogen-bond donors (Lipinski definition) is 1. The molecule has 0 fully saturated rings. The molecule has 0 aliphatic heterocycles. The van der Waals surface area contributed by atoms with Crippen molar-refractivity contribution in [1.82, 2.24) is 5.32 Å². The first-order valence-electron chi connectivity index (χ1n) is 6.25. The molecule has 1 N–H and O–H groups in total. The Morgan fingerprint density at radius 1 is 0.875 bits per heavy atom. The van der Waals surface area contributed by atoms with Crippen LogP contribution in [0.15, 0.2) is 0 Å². The third-order valence-electron chi connectivity index (χ3n) is 2.30. The number of halogens is 1. The van der Waals surface area contributed by atoms with Crippen LogP contribution in [-0.4, -0.2) is 45.9 Å². The molecule has 0 radical (unpaired) electrons. The number of rotatable bonds is 13. The van der Waals surface area contributed by atoms with Crippen LogP contribution in [0, 0.1) is 0 Å². The fraction of sp³-hybridized carbons (Fsp3) is 1.00. The molecule has 0 saturated carbocycles. The first-order valence-corrected chi connectivity index (χ1v) is 6.78. The Kier molecular flexibility index (Phi) is 15.3. The molecule has 0 amide bonds.